The highest BCUT2D eigenvalue weighted by Crippen LogP contribution is 2.76. The Morgan fingerprint density at radius 2 is 1.37 bits per heavy atom. The quantitative estimate of drug-likeness (QED) is 0.160. The summed E-state index contributed by atoms with van der Waals surface area (Å²) < 4.78 is 24.4. The fourth-order valence-corrected chi connectivity index (χ4v) is 13.2. The number of hydrogen-bond donors (Lipinski definition) is 8. The number of fused-ring (bicyclic) bond motifs is 5. The van der Waals surface area contributed by atoms with E-state index in [1.165, 1.54) is 6.92 Å². The Labute approximate surface area is 322 Å². The third-order valence-electron chi connectivity index (χ3n) is 16.6. The lowest BCUT2D eigenvalue weighted by atomic mass is 9.35. The van der Waals surface area contributed by atoms with Crippen LogP contribution in [0.3, 0.4) is 0 Å². The second-order valence-corrected chi connectivity index (χ2v) is 20.1. The molecule has 12 nitrogen and oxygen atoms in total. The maximum atomic E-state index is 12.4. The minimum Gasteiger partial charge on any atom is -0.393 e. The largest absolute Gasteiger partial charge is 0.393 e. The van der Waals surface area contributed by atoms with Crippen LogP contribution in [-0.4, -0.2) is 127 Å². The van der Waals surface area contributed by atoms with Crippen LogP contribution in [0.5, 0.6) is 0 Å². The summed E-state index contributed by atoms with van der Waals surface area (Å²) in [5, 5.41) is 87.7. The first-order valence-corrected chi connectivity index (χ1v) is 20.7. The highest BCUT2D eigenvalue weighted by atomic mass is 16.7. The fourth-order valence-electron chi connectivity index (χ4n) is 13.2. The summed E-state index contributed by atoms with van der Waals surface area (Å²) in [4.78, 5) is 0. The average Bonchev–Trinajstić information content (AvgIpc) is 3.49. The zero-order chi connectivity index (χ0) is 39.9. The van der Waals surface area contributed by atoms with Gasteiger partial charge in [-0.25, -0.2) is 0 Å². The molecule has 4 aliphatic carbocycles. The van der Waals surface area contributed by atoms with Crippen molar-refractivity contribution in [2.24, 2.45) is 45.3 Å². The van der Waals surface area contributed by atoms with Gasteiger partial charge < -0.3 is 59.8 Å². The normalized spacial score (nSPS) is 52.8. The van der Waals surface area contributed by atoms with E-state index in [-0.39, 0.29) is 46.2 Å². The summed E-state index contributed by atoms with van der Waals surface area (Å²) in [7, 11) is 0. The third kappa shape index (κ3) is 6.87. The van der Waals surface area contributed by atoms with E-state index in [1.807, 2.05) is 20.8 Å². The van der Waals surface area contributed by atoms with Crippen molar-refractivity contribution < 1.29 is 59.8 Å². The standard InChI is InChI=1S/C42H72O12/c1-21(2)11-10-15-42(9,54-37-35(50)33(48)31(46)25(53-37)20-51-36-34(49)32(47)30(45)22(3)52-36)23-12-17-41(8)29(23)24(43)19-27-39(6)16-14-28(44)38(4,5)26(39)13-18-40(27,41)7/h11,22-37,43-50H,10,12-20H2,1-9H3. The molecule has 54 heavy (non-hydrogen) atoms. The summed E-state index contributed by atoms with van der Waals surface area (Å²) in [5.41, 5.74) is -0.199. The monoisotopic (exact) mass is 769 g/mol. The van der Waals surface area contributed by atoms with Gasteiger partial charge in [0.2, 0.25) is 0 Å². The van der Waals surface area contributed by atoms with Crippen LogP contribution in [-0.2, 0) is 18.9 Å². The van der Waals surface area contributed by atoms with Crippen LogP contribution in [0.4, 0.5) is 0 Å². The zero-order valence-corrected chi connectivity index (χ0v) is 34.1. The van der Waals surface area contributed by atoms with E-state index in [0.29, 0.717) is 31.1 Å². The van der Waals surface area contributed by atoms with Crippen molar-refractivity contribution in [3.8, 4) is 0 Å². The maximum Gasteiger partial charge on any atom is 0.187 e. The molecule has 0 aromatic heterocycles. The molecular formula is C42H72O12. The van der Waals surface area contributed by atoms with E-state index in [2.05, 4.69) is 40.7 Å². The average molecular weight is 769 g/mol. The highest BCUT2D eigenvalue weighted by Gasteiger charge is 2.71. The summed E-state index contributed by atoms with van der Waals surface area (Å²) in [6, 6.07) is 0. The number of rotatable bonds is 9. The molecule has 0 radical (unpaired) electrons. The first-order valence-electron chi connectivity index (χ1n) is 20.7. The van der Waals surface area contributed by atoms with Gasteiger partial charge in [0.05, 0.1) is 30.5 Å². The molecule has 0 amide bonds. The van der Waals surface area contributed by atoms with Gasteiger partial charge in [-0.15, -0.1) is 0 Å². The van der Waals surface area contributed by atoms with Gasteiger partial charge in [-0.1, -0.05) is 46.3 Å². The van der Waals surface area contributed by atoms with E-state index in [0.717, 1.165) is 44.1 Å². The first-order chi connectivity index (χ1) is 25.0. The topological polar surface area (TPSA) is 199 Å². The molecule has 0 aromatic rings. The molecule has 0 bridgehead atoms. The van der Waals surface area contributed by atoms with Crippen LogP contribution >= 0.6 is 0 Å². The van der Waals surface area contributed by atoms with Crippen LogP contribution in [0.1, 0.15) is 120 Å². The number of hydrogen-bond acceptors (Lipinski definition) is 12. The molecule has 0 spiro atoms. The van der Waals surface area contributed by atoms with Crippen LogP contribution in [0.2, 0.25) is 0 Å². The zero-order valence-electron chi connectivity index (χ0n) is 34.1. The molecule has 2 heterocycles. The summed E-state index contributed by atoms with van der Waals surface area (Å²) in [6.07, 6.45) is -5.15. The molecular weight excluding hydrogens is 696 g/mol. The lowest BCUT2D eigenvalue weighted by Gasteiger charge is -2.70. The summed E-state index contributed by atoms with van der Waals surface area (Å²) in [5.74, 6) is 0.460. The molecule has 2 saturated heterocycles. The van der Waals surface area contributed by atoms with Gasteiger partial charge in [-0.2, -0.15) is 0 Å². The van der Waals surface area contributed by atoms with E-state index < -0.39 is 73.1 Å². The molecule has 20 unspecified atom stereocenters. The van der Waals surface area contributed by atoms with Crippen molar-refractivity contribution in [3.63, 3.8) is 0 Å². The first kappa shape index (κ1) is 42.9. The molecule has 12 heteroatoms. The van der Waals surface area contributed by atoms with Gasteiger partial charge in [-0.05, 0) is 131 Å². The van der Waals surface area contributed by atoms with Crippen molar-refractivity contribution in [2.45, 2.75) is 199 Å². The smallest absolute Gasteiger partial charge is 0.187 e. The molecule has 312 valence electrons. The van der Waals surface area contributed by atoms with E-state index in [4.69, 9.17) is 18.9 Å². The Balaban J connectivity index is 1.26. The van der Waals surface area contributed by atoms with Crippen molar-refractivity contribution in [3.05, 3.63) is 11.6 Å². The molecule has 8 N–H and O–H groups in total. The van der Waals surface area contributed by atoms with E-state index in [1.54, 1.807) is 0 Å². The number of ether oxygens (including phenoxy) is 4. The number of allylic oxidation sites excluding steroid dienone is 2. The Bertz CT molecular complexity index is 1360. The SMILES string of the molecule is CC(C)=CCCC(C)(OC1OC(COC2OC(C)C(O)C(O)C2O)C(O)C(O)C1O)C1CCC2(C)C1C(O)CC1C3(C)CCC(O)C(C)(C)C3CCC12C. The summed E-state index contributed by atoms with van der Waals surface area (Å²) in [6.45, 7) is 19.0. The van der Waals surface area contributed by atoms with Crippen LogP contribution in [0, 0.1) is 45.3 Å². The van der Waals surface area contributed by atoms with Crippen molar-refractivity contribution >= 4 is 0 Å². The molecule has 4 saturated carbocycles. The molecule has 20 atom stereocenters. The lowest BCUT2D eigenvalue weighted by Crippen LogP contribution is -2.67. The lowest BCUT2D eigenvalue weighted by molar-refractivity contribution is -0.348. The highest BCUT2D eigenvalue weighted by molar-refractivity contribution is 5.20. The second kappa shape index (κ2) is 15.1. The molecule has 2 aliphatic heterocycles. The Kier molecular flexibility index (Phi) is 12.0. The van der Waals surface area contributed by atoms with E-state index in [9.17, 15) is 40.9 Å². The van der Waals surface area contributed by atoms with Gasteiger partial charge in [0, 0.05) is 0 Å². The van der Waals surface area contributed by atoms with Crippen molar-refractivity contribution in [2.75, 3.05) is 6.61 Å². The van der Waals surface area contributed by atoms with Gasteiger partial charge in [0.25, 0.3) is 0 Å². The maximum absolute atomic E-state index is 12.4. The van der Waals surface area contributed by atoms with Gasteiger partial charge in [0.15, 0.2) is 12.6 Å². The summed E-state index contributed by atoms with van der Waals surface area (Å²) >= 11 is 0. The molecule has 0 aromatic carbocycles. The van der Waals surface area contributed by atoms with Crippen LogP contribution in [0.15, 0.2) is 11.6 Å². The van der Waals surface area contributed by atoms with Gasteiger partial charge >= 0.3 is 0 Å². The van der Waals surface area contributed by atoms with Gasteiger partial charge in [0.1, 0.15) is 42.7 Å². The number of aliphatic hydroxyl groups is 8. The molecule has 6 aliphatic rings. The second-order valence-electron chi connectivity index (χ2n) is 20.1. The van der Waals surface area contributed by atoms with Gasteiger partial charge in [-0.3, -0.25) is 0 Å². The molecule has 6 fully saturated rings. The number of aliphatic hydroxyl groups excluding tert-OH is 8. The van der Waals surface area contributed by atoms with Crippen LogP contribution in [0.25, 0.3) is 0 Å². The van der Waals surface area contributed by atoms with Crippen LogP contribution < -0.4 is 0 Å². The Morgan fingerprint density at radius 1 is 0.741 bits per heavy atom. The van der Waals surface area contributed by atoms with Crippen molar-refractivity contribution in [1.82, 2.24) is 0 Å². The Hall–Kier alpha value is -0.740. The fraction of sp³-hybridized carbons (Fsp3) is 0.952. The molecule has 6 rings (SSSR count). The van der Waals surface area contributed by atoms with E-state index >= 15 is 0 Å². The van der Waals surface area contributed by atoms with Crippen molar-refractivity contribution in [1.29, 1.82) is 0 Å². The Morgan fingerprint density at radius 3 is 2.04 bits per heavy atom. The minimum atomic E-state index is -1.63. The minimum absolute atomic E-state index is 0.00519. The predicted molar refractivity (Wildman–Crippen MR) is 200 cm³/mol. The predicted octanol–water partition coefficient (Wildman–Crippen LogP) is 3.18. The third-order valence-corrected chi connectivity index (χ3v) is 16.6.